The van der Waals surface area contributed by atoms with Crippen LogP contribution < -0.4 is 0 Å². The first-order chi connectivity index (χ1) is 8.49. The van der Waals surface area contributed by atoms with E-state index in [2.05, 4.69) is 55.4 Å². The van der Waals surface area contributed by atoms with Crippen LogP contribution in [-0.2, 0) is 0 Å². The van der Waals surface area contributed by atoms with Gasteiger partial charge in [-0.3, -0.25) is 0 Å². The van der Waals surface area contributed by atoms with E-state index in [1.807, 2.05) is 0 Å². The normalized spacial score (nSPS) is 16.4. The van der Waals surface area contributed by atoms with Crippen LogP contribution in [0.15, 0.2) is 0 Å². The van der Waals surface area contributed by atoms with Crippen LogP contribution in [0, 0.1) is 22.7 Å². The standard InChI is InChI=1S/2C9H19.Sn/c2*1-6-8(2)7-9(3,4)5;/h2*8H,1,6-7H2,2-5H3;. The third kappa shape index (κ3) is 15.0. The molecule has 0 aromatic carbocycles. The van der Waals surface area contributed by atoms with E-state index in [0.29, 0.717) is 10.8 Å². The van der Waals surface area contributed by atoms with Gasteiger partial charge in [-0.1, -0.05) is 0 Å². The molecule has 0 aromatic heterocycles. The fraction of sp³-hybridized carbons (Fsp3) is 1.00. The average molecular weight is 373 g/mol. The molecule has 0 bridgehead atoms. The van der Waals surface area contributed by atoms with Crippen LogP contribution in [0.5, 0.6) is 0 Å². The molecule has 0 fully saturated rings. The van der Waals surface area contributed by atoms with E-state index in [0.717, 1.165) is 11.8 Å². The molecular weight excluding hydrogens is 335 g/mol. The Morgan fingerprint density at radius 2 is 1.00 bits per heavy atom. The van der Waals surface area contributed by atoms with Gasteiger partial charge in [0.05, 0.1) is 0 Å². The van der Waals surface area contributed by atoms with Gasteiger partial charge < -0.3 is 0 Å². The van der Waals surface area contributed by atoms with Crippen molar-refractivity contribution in [2.45, 2.75) is 89.9 Å². The molecule has 0 saturated carbocycles. The number of rotatable bonds is 8. The molecule has 2 atom stereocenters. The van der Waals surface area contributed by atoms with E-state index in [9.17, 15) is 0 Å². The summed E-state index contributed by atoms with van der Waals surface area (Å²) in [5.74, 6) is 1.88. The molecule has 0 amide bonds. The first-order valence-electron chi connectivity index (χ1n) is 8.20. The average Bonchev–Trinajstić information content (AvgIpc) is 2.10. The maximum absolute atomic E-state index is 2.45. The van der Waals surface area contributed by atoms with E-state index in [1.54, 1.807) is 8.87 Å². The molecule has 0 saturated heterocycles. The number of hydrogen-bond donors (Lipinski definition) is 0. The Balaban J connectivity index is 3.55. The summed E-state index contributed by atoms with van der Waals surface area (Å²) in [7, 11) is 0. The van der Waals surface area contributed by atoms with Crippen molar-refractivity contribution in [3.8, 4) is 0 Å². The van der Waals surface area contributed by atoms with Gasteiger partial charge in [-0.15, -0.1) is 0 Å². The zero-order valence-electron chi connectivity index (χ0n) is 14.9. The van der Waals surface area contributed by atoms with Crippen LogP contribution in [0.3, 0.4) is 0 Å². The Hall–Kier alpha value is 0.799. The SMILES string of the molecule is CC(C[CH2][Sn][CH2]CC(C)CC(C)(C)C)CC(C)(C)C. The van der Waals surface area contributed by atoms with Crippen molar-refractivity contribution in [3.63, 3.8) is 0 Å². The second-order valence-corrected chi connectivity index (χ2v) is 13.3. The Morgan fingerprint density at radius 1 is 0.684 bits per heavy atom. The molecule has 0 spiro atoms. The summed E-state index contributed by atoms with van der Waals surface area (Å²) in [4.78, 5) is 0. The van der Waals surface area contributed by atoms with Crippen molar-refractivity contribution in [2.75, 3.05) is 0 Å². The first kappa shape index (κ1) is 19.8. The van der Waals surface area contributed by atoms with Crippen molar-refractivity contribution in [1.29, 1.82) is 0 Å². The Morgan fingerprint density at radius 3 is 1.26 bits per heavy atom. The van der Waals surface area contributed by atoms with Crippen molar-refractivity contribution in [3.05, 3.63) is 0 Å². The molecule has 0 N–H and O–H groups in total. The second-order valence-electron chi connectivity index (χ2n) is 9.07. The van der Waals surface area contributed by atoms with E-state index in [4.69, 9.17) is 0 Å². The van der Waals surface area contributed by atoms with Crippen LogP contribution >= 0.6 is 0 Å². The van der Waals surface area contributed by atoms with Crippen molar-refractivity contribution in [2.24, 2.45) is 22.7 Å². The predicted octanol–water partition coefficient (Wildman–Crippen LogP) is 6.45. The summed E-state index contributed by atoms with van der Waals surface area (Å²) in [5, 5.41) is 0. The molecule has 2 unspecified atom stereocenters. The summed E-state index contributed by atoms with van der Waals surface area (Å²) in [6.45, 7) is 19.1. The molecule has 0 aliphatic carbocycles. The molecule has 0 rings (SSSR count). The first-order valence-corrected chi connectivity index (χ1v) is 12.2. The third-order valence-corrected chi connectivity index (χ3v) is 7.22. The van der Waals surface area contributed by atoms with Gasteiger partial charge in [0, 0.05) is 0 Å². The number of hydrogen-bond acceptors (Lipinski definition) is 0. The van der Waals surface area contributed by atoms with Gasteiger partial charge >= 0.3 is 134 Å². The molecule has 0 aliphatic rings. The minimum atomic E-state index is -0.0525. The van der Waals surface area contributed by atoms with Crippen LogP contribution in [0.25, 0.3) is 0 Å². The summed E-state index contributed by atoms with van der Waals surface area (Å²) in [5.41, 5.74) is 1.04. The van der Waals surface area contributed by atoms with Crippen LogP contribution in [-0.4, -0.2) is 21.1 Å². The molecule has 114 valence electrons. The van der Waals surface area contributed by atoms with Gasteiger partial charge in [0.15, 0.2) is 0 Å². The molecule has 2 radical (unpaired) electrons. The fourth-order valence-electron chi connectivity index (χ4n) is 3.12. The van der Waals surface area contributed by atoms with E-state index in [-0.39, 0.29) is 21.1 Å². The van der Waals surface area contributed by atoms with E-state index >= 15 is 0 Å². The minimum absolute atomic E-state index is 0.0525. The van der Waals surface area contributed by atoms with Gasteiger partial charge in [-0.05, 0) is 0 Å². The second kappa shape index (κ2) is 8.95. The van der Waals surface area contributed by atoms with Crippen LogP contribution in [0.2, 0.25) is 8.87 Å². The maximum atomic E-state index is 2.45. The van der Waals surface area contributed by atoms with Gasteiger partial charge in [-0.2, -0.15) is 0 Å². The fourth-order valence-corrected chi connectivity index (χ4v) is 7.81. The Bertz CT molecular complexity index is 195. The molecular formula is C18H38Sn. The van der Waals surface area contributed by atoms with Gasteiger partial charge in [0.25, 0.3) is 0 Å². The van der Waals surface area contributed by atoms with Gasteiger partial charge in [0.1, 0.15) is 0 Å². The third-order valence-electron chi connectivity index (χ3n) is 3.55. The summed E-state index contributed by atoms with van der Waals surface area (Å²) >= 11 is -0.0525. The quantitative estimate of drug-likeness (QED) is 0.339. The molecule has 19 heavy (non-hydrogen) atoms. The van der Waals surface area contributed by atoms with Crippen molar-refractivity contribution in [1.82, 2.24) is 0 Å². The summed E-state index contributed by atoms with van der Waals surface area (Å²) in [6.07, 6.45) is 5.79. The zero-order valence-corrected chi connectivity index (χ0v) is 17.8. The topological polar surface area (TPSA) is 0 Å². The molecule has 0 nitrogen and oxygen atoms in total. The Labute approximate surface area is 133 Å². The summed E-state index contributed by atoms with van der Waals surface area (Å²) < 4.78 is 3.20. The predicted molar refractivity (Wildman–Crippen MR) is 91.1 cm³/mol. The molecule has 0 aromatic rings. The van der Waals surface area contributed by atoms with Crippen molar-refractivity contribution >= 4 is 21.1 Å². The molecule has 0 heterocycles. The van der Waals surface area contributed by atoms with Crippen molar-refractivity contribution < 1.29 is 0 Å². The molecule has 1 heteroatoms. The monoisotopic (exact) mass is 374 g/mol. The Kier molecular flexibility index (Phi) is 9.32. The van der Waals surface area contributed by atoms with Gasteiger partial charge in [0.2, 0.25) is 0 Å². The zero-order chi connectivity index (χ0) is 15.1. The molecule has 0 aliphatic heterocycles. The van der Waals surface area contributed by atoms with Gasteiger partial charge in [-0.25, -0.2) is 0 Å². The van der Waals surface area contributed by atoms with E-state index in [1.165, 1.54) is 25.7 Å². The summed E-state index contributed by atoms with van der Waals surface area (Å²) in [6, 6.07) is 0. The van der Waals surface area contributed by atoms with E-state index < -0.39 is 0 Å². The van der Waals surface area contributed by atoms with Crippen LogP contribution in [0.4, 0.5) is 0 Å². The van der Waals surface area contributed by atoms with Crippen LogP contribution in [0.1, 0.15) is 81.1 Å².